The number of aromatic amines is 1. The molecule has 1 N–H and O–H groups in total. The Hall–Kier alpha value is -3.73. The van der Waals surface area contributed by atoms with Gasteiger partial charge in [-0.25, -0.2) is 4.79 Å². The normalized spacial score (nSPS) is 10.9. The maximum absolute atomic E-state index is 12.5. The summed E-state index contributed by atoms with van der Waals surface area (Å²) in [7, 11) is 1.33. The molecule has 0 radical (unpaired) electrons. The summed E-state index contributed by atoms with van der Waals surface area (Å²) >= 11 is 0. The number of rotatable bonds is 3. The van der Waals surface area contributed by atoms with Gasteiger partial charge in [-0.1, -0.05) is 30.3 Å². The Morgan fingerprint density at radius 2 is 1.81 bits per heavy atom. The first-order valence-electron chi connectivity index (χ1n) is 8.34. The molecule has 1 heterocycles. The summed E-state index contributed by atoms with van der Waals surface area (Å²) in [4.78, 5) is 38.5. The third-order valence-electron chi connectivity index (χ3n) is 4.63. The van der Waals surface area contributed by atoms with E-state index < -0.39 is 5.97 Å². The molecule has 0 unspecified atom stereocenters. The second kappa shape index (κ2) is 6.53. The number of hydrogen-bond acceptors (Lipinski definition) is 4. The fourth-order valence-corrected chi connectivity index (χ4v) is 3.36. The van der Waals surface area contributed by atoms with Crippen molar-refractivity contribution in [2.75, 3.05) is 7.11 Å². The minimum Gasteiger partial charge on any atom is -0.465 e. The van der Waals surface area contributed by atoms with Crippen molar-refractivity contribution >= 4 is 33.8 Å². The van der Waals surface area contributed by atoms with Crippen molar-refractivity contribution in [3.63, 3.8) is 0 Å². The van der Waals surface area contributed by atoms with Gasteiger partial charge in [0.25, 0.3) is 5.56 Å². The molecule has 4 rings (SSSR count). The average Bonchev–Trinajstić information content (AvgIpc) is 2.72. The van der Waals surface area contributed by atoms with Gasteiger partial charge in [0, 0.05) is 11.8 Å². The number of pyridine rings is 1. The number of benzene rings is 3. The van der Waals surface area contributed by atoms with Crippen molar-refractivity contribution in [2.24, 2.45) is 0 Å². The largest absolute Gasteiger partial charge is 0.465 e. The Kier molecular flexibility index (Phi) is 4.05. The van der Waals surface area contributed by atoms with Crippen molar-refractivity contribution in [1.82, 2.24) is 4.98 Å². The fourth-order valence-electron chi connectivity index (χ4n) is 3.36. The molecule has 132 valence electrons. The van der Waals surface area contributed by atoms with E-state index in [0.717, 1.165) is 17.4 Å². The number of esters is 1. The lowest BCUT2D eigenvalue weighted by atomic mass is 9.94. The van der Waals surface area contributed by atoms with E-state index in [-0.39, 0.29) is 5.56 Å². The van der Waals surface area contributed by atoms with Gasteiger partial charge in [0.2, 0.25) is 0 Å². The van der Waals surface area contributed by atoms with Crippen LogP contribution in [-0.2, 0) is 4.74 Å². The number of carbonyl (C=O) groups is 2. The maximum atomic E-state index is 12.5. The van der Waals surface area contributed by atoms with Gasteiger partial charge in [0.05, 0.1) is 18.1 Å². The van der Waals surface area contributed by atoms with Crippen LogP contribution in [0.15, 0.2) is 65.6 Å². The van der Waals surface area contributed by atoms with Crippen molar-refractivity contribution in [2.45, 2.75) is 0 Å². The molecule has 1 aromatic heterocycles. The van der Waals surface area contributed by atoms with Gasteiger partial charge >= 0.3 is 5.97 Å². The summed E-state index contributed by atoms with van der Waals surface area (Å²) in [6.07, 6.45) is 2.34. The highest BCUT2D eigenvalue weighted by molar-refractivity contribution is 6.16. The summed E-state index contributed by atoms with van der Waals surface area (Å²) < 4.78 is 4.90. The zero-order valence-electron chi connectivity index (χ0n) is 14.5. The van der Waals surface area contributed by atoms with Crippen LogP contribution in [0.3, 0.4) is 0 Å². The van der Waals surface area contributed by atoms with E-state index in [0.29, 0.717) is 32.7 Å². The minimum atomic E-state index is -0.460. The zero-order valence-corrected chi connectivity index (χ0v) is 14.5. The van der Waals surface area contributed by atoms with Crippen molar-refractivity contribution in [3.8, 4) is 11.1 Å². The topological polar surface area (TPSA) is 76.2 Å². The highest BCUT2D eigenvalue weighted by atomic mass is 16.5. The molecule has 0 aliphatic heterocycles. The quantitative estimate of drug-likeness (QED) is 0.342. The van der Waals surface area contributed by atoms with Crippen LogP contribution in [0, 0.1) is 0 Å². The molecule has 5 heteroatoms. The number of carbonyl (C=O) groups excluding carboxylic acids is 2. The first-order valence-corrected chi connectivity index (χ1v) is 8.34. The third kappa shape index (κ3) is 2.79. The number of ether oxygens (including phenoxy) is 1. The monoisotopic (exact) mass is 357 g/mol. The van der Waals surface area contributed by atoms with Gasteiger partial charge in [-0.2, -0.15) is 0 Å². The lowest BCUT2D eigenvalue weighted by molar-refractivity contribution is 0.0603. The molecule has 0 atom stereocenters. The van der Waals surface area contributed by atoms with Gasteiger partial charge in [-0.05, 0) is 51.6 Å². The van der Waals surface area contributed by atoms with E-state index in [1.165, 1.54) is 7.11 Å². The standard InChI is InChI=1S/C22H15NO4/c1-27-22(26)19-11-16-7-8-23-21(25)20(16)18-10-15(5-6-17(18)19)14-4-2-3-13(9-14)12-24/h2-12H,1H3,(H,23,25). The van der Waals surface area contributed by atoms with E-state index >= 15 is 0 Å². The van der Waals surface area contributed by atoms with E-state index in [4.69, 9.17) is 4.74 Å². The number of hydrogen-bond donors (Lipinski definition) is 1. The Morgan fingerprint density at radius 1 is 1.00 bits per heavy atom. The van der Waals surface area contributed by atoms with Crippen LogP contribution in [0.1, 0.15) is 20.7 Å². The van der Waals surface area contributed by atoms with Crippen LogP contribution in [0.2, 0.25) is 0 Å². The molecular weight excluding hydrogens is 342 g/mol. The number of H-pyrrole nitrogens is 1. The van der Waals surface area contributed by atoms with Crippen LogP contribution in [-0.4, -0.2) is 24.3 Å². The predicted molar refractivity (Wildman–Crippen MR) is 104 cm³/mol. The van der Waals surface area contributed by atoms with E-state index in [1.54, 1.807) is 42.6 Å². The Labute approximate surface area is 154 Å². The van der Waals surface area contributed by atoms with Crippen LogP contribution in [0.25, 0.3) is 32.7 Å². The molecule has 0 spiro atoms. The van der Waals surface area contributed by atoms with Gasteiger partial charge in [0.1, 0.15) is 6.29 Å². The van der Waals surface area contributed by atoms with Crippen molar-refractivity contribution in [1.29, 1.82) is 0 Å². The van der Waals surface area contributed by atoms with E-state index in [2.05, 4.69) is 4.98 Å². The highest BCUT2D eigenvalue weighted by Crippen LogP contribution is 2.31. The predicted octanol–water partition coefficient (Wildman–Crippen LogP) is 3.95. The lowest BCUT2D eigenvalue weighted by Gasteiger charge is -2.11. The first-order chi connectivity index (χ1) is 13.1. The molecule has 5 nitrogen and oxygen atoms in total. The summed E-state index contributed by atoms with van der Waals surface area (Å²) in [5.41, 5.74) is 2.44. The van der Waals surface area contributed by atoms with Gasteiger partial charge in [-0.3, -0.25) is 9.59 Å². The number of nitrogens with one attached hydrogen (secondary N) is 1. The second-order valence-corrected chi connectivity index (χ2v) is 6.19. The number of methoxy groups -OCH3 is 1. The Morgan fingerprint density at radius 3 is 2.59 bits per heavy atom. The van der Waals surface area contributed by atoms with Gasteiger partial charge in [0.15, 0.2) is 0 Å². The van der Waals surface area contributed by atoms with Gasteiger partial charge in [-0.15, -0.1) is 0 Å². The third-order valence-corrected chi connectivity index (χ3v) is 4.63. The number of aldehydes is 1. The zero-order chi connectivity index (χ0) is 19.0. The first kappa shape index (κ1) is 16.7. The van der Waals surface area contributed by atoms with Crippen molar-refractivity contribution < 1.29 is 14.3 Å². The summed E-state index contributed by atoms with van der Waals surface area (Å²) in [5, 5.41) is 2.46. The molecule has 3 aromatic carbocycles. The van der Waals surface area contributed by atoms with Gasteiger partial charge < -0.3 is 9.72 Å². The molecule has 4 aromatic rings. The summed E-state index contributed by atoms with van der Waals surface area (Å²) in [5.74, 6) is -0.460. The number of aromatic nitrogens is 1. The average molecular weight is 357 g/mol. The van der Waals surface area contributed by atoms with E-state index in [9.17, 15) is 14.4 Å². The second-order valence-electron chi connectivity index (χ2n) is 6.19. The number of fused-ring (bicyclic) bond motifs is 3. The Balaban J connectivity index is 2.10. The van der Waals surface area contributed by atoms with Crippen LogP contribution >= 0.6 is 0 Å². The molecule has 0 bridgehead atoms. The smallest absolute Gasteiger partial charge is 0.338 e. The SMILES string of the molecule is COC(=O)c1cc2cc[nH]c(=O)c2c2cc(-c3cccc(C=O)c3)ccc12. The fraction of sp³-hybridized carbons (Fsp3) is 0.0455. The molecule has 0 aliphatic rings. The highest BCUT2D eigenvalue weighted by Gasteiger charge is 2.16. The minimum absolute atomic E-state index is 0.229. The van der Waals surface area contributed by atoms with Crippen molar-refractivity contribution in [3.05, 3.63) is 82.3 Å². The molecule has 0 amide bonds. The molecule has 0 fully saturated rings. The molecule has 27 heavy (non-hydrogen) atoms. The van der Waals surface area contributed by atoms with E-state index in [1.807, 2.05) is 18.2 Å². The molecule has 0 saturated heterocycles. The summed E-state index contributed by atoms with van der Waals surface area (Å²) in [6, 6.07) is 16.2. The van der Waals surface area contributed by atoms with Crippen LogP contribution in [0.4, 0.5) is 0 Å². The molecular formula is C22H15NO4. The molecule has 0 aliphatic carbocycles. The Bertz CT molecular complexity index is 1270. The lowest BCUT2D eigenvalue weighted by Crippen LogP contribution is -2.08. The summed E-state index contributed by atoms with van der Waals surface area (Å²) in [6.45, 7) is 0. The van der Waals surface area contributed by atoms with Crippen LogP contribution in [0.5, 0.6) is 0 Å². The maximum Gasteiger partial charge on any atom is 0.338 e. The molecule has 0 saturated carbocycles. The van der Waals surface area contributed by atoms with Crippen LogP contribution < -0.4 is 5.56 Å².